The highest BCUT2D eigenvalue weighted by Gasteiger charge is 2.64. The second kappa shape index (κ2) is 9.97. The number of carbonyl (C=O) groups excluding carboxylic acids is 3. The van der Waals surface area contributed by atoms with E-state index in [9.17, 15) is 19.2 Å². The Morgan fingerprint density at radius 3 is 2.62 bits per heavy atom. The van der Waals surface area contributed by atoms with Crippen molar-refractivity contribution in [3.05, 3.63) is 68.1 Å². The van der Waals surface area contributed by atoms with Crippen molar-refractivity contribution in [3.8, 4) is 11.1 Å². The molecule has 2 fully saturated rings. The first-order valence-electron chi connectivity index (χ1n) is 13.7. The van der Waals surface area contributed by atoms with Gasteiger partial charge in [0.25, 0.3) is 5.56 Å². The molecule has 0 radical (unpaired) electrons. The summed E-state index contributed by atoms with van der Waals surface area (Å²) in [6.45, 7) is 8.79. The first-order valence-corrected chi connectivity index (χ1v) is 14.5. The van der Waals surface area contributed by atoms with Gasteiger partial charge in [0.15, 0.2) is 5.78 Å². The summed E-state index contributed by atoms with van der Waals surface area (Å²) in [6.07, 6.45) is 2.89. The maximum atomic E-state index is 13.9. The van der Waals surface area contributed by atoms with Gasteiger partial charge in [-0.05, 0) is 89.8 Å². The quantitative estimate of drug-likeness (QED) is 0.241. The number of piperidine rings is 1. The normalized spacial score (nSPS) is 21.0. The van der Waals surface area contributed by atoms with E-state index in [-0.39, 0.29) is 46.9 Å². The van der Waals surface area contributed by atoms with Gasteiger partial charge in [0, 0.05) is 24.5 Å². The Labute approximate surface area is 249 Å². The van der Waals surface area contributed by atoms with Crippen molar-refractivity contribution in [1.29, 1.82) is 0 Å². The van der Waals surface area contributed by atoms with Crippen molar-refractivity contribution in [2.24, 2.45) is 5.41 Å². The Morgan fingerprint density at radius 1 is 1.14 bits per heavy atom. The van der Waals surface area contributed by atoms with Crippen molar-refractivity contribution in [2.45, 2.75) is 66.1 Å². The molecule has 2 aliphatic rings. The topological polar surface area (TPSA) is 143 Å². The van der Waals surface area contributed by atoms with E-state index in [2.05, 4.69) is 48.2 Å². The molecule has 0 bridgehead atoms. The molecule has 1 unspecified atom stereocenters. The summed E-state index contributed by atoms with van der Waals surface area (Å²) < 4.78 is 2.14. The second-order valence-electron chi connectivity index (χ2n) is 11.6. The number of halogens is 1. The molecule has 1 aromatic carbocycles. The number of pyridine rings is 1. The lowest BCUT2D eigenvalue weighted by atomic mass is 10.0. The molecule has 42 heavy (non-hydrogen) atoms. The van der Waals surface area contributed by atoms with Gasteiger partial charge < -0.3 is 15.2 Å². The summed E-state index contributed by atoms with van der Waals surface area (Å²) in [7, 11) is 0. The van der Waals surface area contributed by atoms with Gasteiger partial charge in [-0.25, -0.2) is 9.97 Å². The van der Waals surface area contributed by atoms with Gasteiger partial charge in [-0.3, -0.25) is 23.9 Å². The minimum Gasteiger partial charge on any atom is -0.325 e. The van der Waals surface area contributed by atoms with Gasteiger partial charge in [0.2, 0.25) is 11.8 Å². The maximum Gasteiger partial charge on any atom is 0.258 e. The van der Waals surface area contributed by atoms with Crippen LogP contribution in [0, 0.1) is 26.2 Å². The summed E-state index contributed by atoms with van der Waals surface area (Å²) in [6, 6.07) is 6.54. The highest BCUT2D eigenvalue weighted by atomic mass is 79.9. The fourth-order valence-electron chi connectivity index (χ4n) is 6.15. The molecule has 1 saturated carbocycles. The molecule has 6 rings (SSSR count). The molecule has 1 aliphatic carbocycles. The third kappa shape index (κ3) is 4.73. The average molecular weight is 633 g/mol. The fraction of sp³-hybridized carbons (Fsp3) is 0.367. The molecule has 216 valence electrons. The Bertz CT molecular complexity index is 1880. The molecular weight excluding hydrogens is 602 g/mol. The SMILES string of the molecule is CC(=O)c1nn(CC(=O)N2C3C[C@]3(C)C[C@H]2C(=O)Nc2nc(Br)ccc2C)c2c(C)cc(-c3cnc(C)[nH]c3=O)cc12. The lowest BCUT2D eigenvalue weighted by molar-refractivity contribution is -0.138. The average Bonchev–Trinajstić information content (AvgIpc) is 3.27. The number of fused-ring (bicyclic) bond motifs is 2. The van der Waals surface area contributed by atoms with Crippen LogP contribution in [0.15, 0.2) is 39.9 Å². The molecule has 1 aliphatic heterocycles. The molecule has 3 aromatic heterocycles. The van der Waals surface area contributed by atoms with E-state index in [1.54, 1.807) is 24.0 Å². The first kappa shape index (κ1) is 28.0. The number of nitrogens with zero attached hydrogens (tertiary/aromatic N) is 5. The number of amides is 2. The van der Waals surface area contributed by atoms with Crippen LogP contribution in [-0.4, -0.2) is 59.3 Å². The Morgan fingerprint density at radius 2 is 1.90 bits per heavy atom. The Balaban J connectivity index is 1.33. The third-order valence-electron chi connectivity index (χ3n) is 8.42. The van der Waals surface area contributed by atoms with Crippen LogP contribution in [0.25, 0.3) is 22.0 Å². The van der Waals surface area contributed by atoms with Gasteiger partial charge in [0.05, 0.1) is 11.1 Å². The molecule has 4 aromatic rings. The highest BCUT2D eigenvalue weighted by molar-refractivity contribution is 9.10. The van der Waals surface area contributed by atoms with E-state index in [0.29, 0.717) is 44.7 Å². The number of rotatable bonds is 6. The zero-order valence-corrected chi connectivity index (χ0v) is 25.5. The number of benzene rings is 1. The van der Waals surface area contributed by atoms with Crippen molar-refractivity contribution in [1.82, 2.24) is 29.6 Å². The number of nitrogens with one attached hydrogen (secondary N) is 2. The standard InChI is InChI=1S/C30H30BrN7O4/c1-14-6-7-23(31)34-27(14)35-29(42)21-10-30(5)11-22(30)38(21)24(40)13-37-26-15(2)8-18(9-19(26)25(36-37)16(3)39)20-12-32-17(4)33-28(20)41/h6-9,12,21-22H,10-11,13H2,1-5H3,(H,32,33,41)(H,34,35,42)/t21-,22?,30-/m0/s1. The summed E-state index contributed by atoms with van der Waals surface area (Å²) in [4.78, 5) is 65.6. The molecule has 12 heteroatoms. The van der Waals surface area contributed by atoms with Crippen LogP contribution in [0.3, 0.4) is 0 Å². The number of anilines is 1. The molecular formula is C30H30BrN7O4. The van der Waals surface area contributed by atoms with Crippen LogP contribution in [0.4, 0.5) is 5.82 Å². The van der Waals surface area contributed by atoms with Crippen LogP contribution in [0.2, 0.25) is 0 Å². The van der Waals surface area contributed by atoms with Crippen LogP contribution >= 0.6 is 15.9 Å². The number of ketones is 1. The minimum absolute atomic E-state index is 0.0418. The number of aromatic nitrogens is 5. The van der Waals surface area contributed by atoms with Gasteiger partial charge in [-0.2, -0.15) is 5.10 Å². The van der Waals surface area contributed by atoms with Crippen molar-refractivity contribution in [3.63, 3.8) is 0 Å². The lowest BCUT2D eigenvalue weighted by Gasteiger charge is -2.27. The number of Topliss-reactive ketones (excluding diaryl/α,β-unsaturated/α-hetero) is 1. The van der Waals surface area contributed by atoms with Gasteiger partial charge in [0.1, 0.15) is 34.5 Å². The number of H-pyrrole nitrogens is 1. The third-order valence-corrected chi connectivity index (χ3v) is 8.86. The summed E-state index contributed by atoms with van der Waals surface area (Å²) in [5.41, 5.74) is 2.97. The molecule has 2 amide bonds. The molecule has 11 nitrogen and oxygen atoms in total. The van der Waals surface area contributed by atoms with E-state index in [4.69, 9.17) is 0 Å². The number of aryl methyl sites for hydroxylation is 3. The van der Waals surface area contributed by atoms with E-state index >= 15 is 0 Å². The largest absolute Gasteiger partial charge is 0.325 e. The van der Waals surface area contributed by atoms with Crippen molar-refractivity contribution in [2.75, 3.05) is 5.32 Å². The Hall–Kier alpha value is -4.19. The first-order chi connectivity index (χ1) is 19.9. The lowest BCUT2D eigenvalue weighted by Crippen LogP contribution is -2.47. The number of likely N-dealkylation sites (tertiary alicyclic amines) is 1. The minimum atomic E-state index is -0.649. The van der Waals surface area contributed by atoms with Gasteiger partial charge in [-0.15, -0.1) is 0 Å². The molecule has 4 heterocycles. The van der Waals surface area contributed by atoms with Crippen molar-refractivity contribution >= 4 is 50.2 Å². The predicted molar refractivity (Wildman–Crippen MR) is 160 cm³/mol. The molecule has 0 spiro atoms. The van der Waals surface area contributed by atoms with E-state index < -0.39 is 6.04 Å². The molecule has 1 saturated heterocycles. The number of aromatic amines is 1. The van der Waals surface area contributed by atoms with Crippen LogP contribution in [0.5, 0.6) is 0 Å². The van der Waals surface area contributed by atoms with E-state index in [1.807, 2.05) is 26.0 Å². The molecule has 3 atom stereocenters. The van der Waals surface area contributed by atoms with Gasteiger partial charge >= 0.3 is 0 Å². The van der Waals surface area contributed by atoms with Crippen LogP contribution in [-0.2, 0) is 16.1 Å². The summed E-state index contributed by atoms with van der Waals surface area (Å²) in [5.74, 6) is 0.163. The summed E-state index contributed by atoms with van der Waals surface area (Å²) >= 11 is 3.35. The summed E-state index contributed by atoms with van der Waals surface area (Å²) in [5, 5.41) is 8.01. The van der Waals surface area contributed by atoms with Crippen LogP contribution < -0.4 is 10.9 Å². The number of hydrogen-bond acceptors (Lipinski definition) is 7. The maximum absolute atomic E-state index is 13.9. The number of hydrogen-bond donors (Lipinski definition) is 2. The zero-order chi connectivity index (χ0) is 30.1. The zero-order valence-electron chi connectivity index (χ0n) is 23.9. The smallest absolute Gasteiger partial charge is 0.258 e. The molecule has 2 N–H and O–H groups in total. The van der Waals surface area contributed by atoms with E-state index in [1.165, 1.54) is 17.8 Å². The highest BCUT2D eigenvalue weighted by Crippen LogP contribution is 2.59. The predicted octanol–water partition coefficient (Wildman–Crippen LogP) is 4.09. The van der Waals surface area contributed by atoms with Crippen molar-refractivity contribution < 1.29 is 14.4 Å². The number of carbonyl (C=O) groups is 3. The monoisotopic (exact) mass is 631 g/mol. The Kier molecular flexibility index (Phi) is 6.64. The van der Waals surface area contributed by atoms with Crippen LogP contribution in [0.1, 0.15) is 54.1 Å². The van der Waals surface area contributed by atoms with E-state index in [0.717, 1.165) is 17.5 Å². The van der Waals surface area contributed by atoms with Gasteiger partial charge in [-0.1, -0.05) is 13.0 Å². The fourth-order valence-corrected chi connectivity index (χ4v) is 6.46. The second-order valence-corrected chi connectivity index (χ2v) is 12.5.